The Morgan fingerprint density at radius 3 is 2.00 bits per heavy atom. The second kappa shape index (κ2) is 1.46. The van der Waals surface area contributed by atoms with Gasteiger partial charge in [0, 0.05) is 18.8 Å². The SMILES string of the molecule is CC(=O)OC1C2C3C4C1C1C2C1(C)C34. The average Bonchev–Trinajstić information content (AvgIpc) is 2.86. The van der Waals surface area contributed by atoms with E-state index in [2.05, 4.69) is 6.92 Å². The smallest absolute Gasteiger partial charge is 0.302 e. The molecule has 2 nitrogen and oxygen atoms in total. The van der Waals surface area contributed by atoms with E-state index in [1.54, 1.807) is 6.92 Å². The maximum atomic E-state index is 11.0. The van der Waals surface area contributed by atoms with Crippen molar-refractivity contribution in [1.82, 2.24) is 0 Å². The van der Waals surface area contributed by atoms with Crippen molar-refractivity contribution in [1.29, 1.82) is 0 Å². The van der Waals surface area contributed by atoms with Gasteiger partial charge in [0.2, 0.25) is 0 Å². The Kier molecular flexibility index (Phi) is 0.718. The topological polar surface area (TPSA) is 26.3 Å². The summed E-state index contributed by atoms with van der Waals surface area (Å²) in [7, 11) is 0. The van der Waals surface area contributed by atoms with Crippen molar-refractivity contribution in [2.45, 2.75) is 20.0 Å². The van der Waals surface area contributed by atoms with E-state index in [1.807, 2.05) is 0 Å². The number of esters is 1. The van der Waals surface area contributed by atoms with Crippen molar-refractivity contribution in [2.24, 2.45) is 46.8 Å². The molecule has 6 aliphatic rings. The monoisotopic (exact) mass is 190 g/mol. The van der Waals surface area contributed by atoms with Crippen LogP contribution in [-0.2, 0) is 9.53 Å². The molecule has 74 valence electrons. The summed E-state index contributed by atoms with van der Waals surface area (Å²) < 4.78 is 5.52. The molecule has 0 radical (unpaired) electrons. The van der Waals surface area contributed by atoms with Crippen LogP contribution in [0.1, 0.15) is 13.8 Å². The number of carbonyl (C=O) groups excluding carboxylic acids is 1. The lowest BCUT2D eigenvalue weighted by Gasteiger charge is -2.19. The molecule has 0 heterocycles. The van der Waals surface area contributed by atoms with Crippen LogP contribution >= 0.6 is 0 Å². The van der Waals surface area contributed by atoms with Gasteiger partial charge in [-0.15, -0.1) is 0 Å². The quantitative estimate of drug-likeness (QED) is 0.583. The molecule has 2 bridgehead atoms. The van der Waals surface area contributed by atoms with Crippen LogP contribution in [-0.4, -0.2) is 12.1 Å². The maximum absolute atomic E-state index is 11.0. The third-order valence-electron chi connectivity index (χ3n) is 6.34. The summed E-state index contributed by atoms with van der Waals surface area (Å²) in [5, 5.41) is 0. The zero-order valence-corrected chi connectivity index (χ0v) is 8.44. The minimum Gasteiger partial charge on any atom is -0.462 e. The summed E-state index contributed by atoms with van der Waals surface area (Å²) in [6.07, 6.45) is 0.337. The first-order valence-electron chi connectivity index (χ1n) is 5.84. The second-order valence-corrected chi connectivity index (χ2v) is 6.33. The van der Waals surface area contributed by atoms with Gasteiger partial charge in [-0.3, -0.25) is 4.79 Å². The summed E-state index contributed by atoms with van der Waals surface area (Å²) in [5.74, 6) is 6.43. The minimum absolute atomic E-state index is 0.0623. The zero-order chi connectivity index (χ0) is 9.40. The molecular formula is C12H14O2. The van der Waals surface area contributed by atoms with Crippen LogP contribution in [0.3, 0.4) is 0 Å². The van der Waals surface area contributed by atoms with E-state index in [9.17, 15) is 4.79 Å². The summed E-state index contributed by atoms with van der Waals surface area (Å²) in [6, 6.07) is 0. The van der Waals surface area contributed by atoms with Gasteiger partial charge in [0.05, 0.1) is 0 Å². The van der Waals surface area contributed by atoms with Crippen LogP contribution in [0.2, 0.25) is 0 Å². The Hall–Kier alpha value is -0.530. The Balaban J connectivity index is 1.59. The number of hydrogen-bond donors (Lipinski definition) is 0. The van der Waals surface area contributed by atoms with Gasteiger partial charge < -0.3 is 4.74 Å². The fraction of sp³-hybridized carbons (Fsp3) is 0.917. The van der Waals surface area contributed by atoms with Crippen molar-refractivity contribution < 1.29 is 9.53 Å². The van der Waals surface area contributed by atoms with Gasteiger partial charge in [0.25, 0.3) is 0 Å². The number of rotatable bonds is 1. The predicted molar refractivity (Wildman–Crippen MR) is 48.1 cm³/mol. The van der Waals surface area contributed by atoms with E-state index >= 15 is 0 Å². The number of carbonyl (C=O) groups is 1. The Labute approximate surface area is 83.0 Å². The molecule has 0 N–H and O–H groups in total. The molecule has 0 aliphatic heterocycles. The molecule has 0 aromatic carbocycles. The first kappa shape index (κ1) is 6.86. The van der Waals surface area contributed by atoms with Crippen molar-refractivity contribution in [2.75, 3.05) is 0 Å². The normalized spacial score (nSPS) is 77.9. The summed E-state index contributed by atoms with van der Waals surface area (Å²) in [4.78, 5) is 11.0. The lowest BCUT2D eigenvalue weighted by molar-refractivity contribution is -0.149. The molecule has 6 fully saturated rings. The summed E-state index contributed by atoms with van der Waals surface area (Å²) in [6.45, 7) is 4.05. The van der Waals surface area contributed by atoms with Crippen molar-refractivity contribution in [3.8, 4) is 0 Å². The predicted octanol–water partition coefficient (Wildman–Crippen LogP) is 1.31. The third-order valence-corrected chi connectivity index (χ3v) is 6.34. The van der Waals surface area contributed by atoms with E-state index in [0.717, 1.165) is 46.8 Å². The first-order valence-corrected chi connectivity index (χ1v) is 5.84. The van der Waals surface area contributed by atoms with Crippen LogP contribution < -0.4 is 0 Å². The molecule has 0 amide bonds. The van der Waals surface area contributed by atoms with E-state index in [-0.39, 0.29) is 5.97 Å². The lowest BCUT2D eigenvalue weighted by Crippen LogP contribution is -2.25. The van der Waals surface area contributed by atoms with Gasteiger partial charge in [-0.1, -0.05) is 6.92 Å². The Bertz CT molecular complexity index is 364. The van der Waals surface area contributed by atoms with Gasteiger partial charge in [0.1, 0.15) is 6.10 Å². The summed E-state index contributed by atoms with van der Waals surface area (Å²) >= 11 is 0. The largest absolute Gasteiger partial charge is 0.462 e. The van der Waals surface area contributed by atoms with E-state index in [1.165, 1.54) is 0 Å². The zero-order valence-electron chi connectivity index (χ0n) is 8.44. The molecule has 0 spiro atoms. The molecule has 0 aromatic heterocycles. The first-order chi connectivity index (χ1) is 6.67. The van der Waals surface area contributed by atoms with Gasteiger partial charge in [-0.2, -0.15) is 0 Å². The minimum atomic E-state index is -0.0623. The molecule has 2 heteroatoms. The van der Waals surface area contributed by atoms with Crippen LogP contribution in [0.4, 0.5) is 0 Å². The molecule has 6 atom stereocenters. The van der Waals surface area contributed by atoms with Crippen LogP contribution in [0.15, 0.2) is 0 Å². The standard InChI is InChI=1S/C12H14O2/c1-3(13)14-11-6-4-5-7(11)10-9(6)12(10,2)8(4)5/h4-11H,1-2H3. The Morgan fingerprint density at radius 2 is 1.64 bits per heavy atom. The van der Waals surface area contributed by atoms with E-state index in [4.69, 9.17) is 4.74 Å². The maximum Gasteiger partial charge on any atom is 0.302 e. The van der Waals surface area contributed by atoms with Crippen LogP contribution in [0.25, 0.3) is 0 Å². The highest BCUT2D eigenvalue weighted by molar-refractivity contribution is 5.66. The Morgan fingerprint density at radius 1 is 1.07 bits per heavy atom. The summed E-state index contributed by atoms with van der Waals surface area (Å²) in [5.41, 5.74) is 0.724. The van der Waals surface area contributed by atoms with E-state index in [0.29, 0.717) is 6.10 Å². The molecule has 6 unspecified atom stereocenters. The second-order valence-electron chi connectivity index (χ2n) is 6.33. The van der Waals surface area contributed by atoms with E-state index < -0.39 is 0 Å². The van der Waals surface area contributed by atoms with Gasteiger partial charge in [-0.05, 0) is 35.0 Å². The number of ether oxygens (including phenoxy) is 1. The van der Waals surface area contributed by atoms with Gasteiger partial charge in [0.15, 0.2) is 0 Å². The fourth-order valence-corrected chi connectivity index (χ4v) is 6.47. The van der Waals surface area contributed by atoms with Crippen molar-refractivity contribution in [3.05, 3.63) is 0 Å². The third kappa shape index (κ3) is 0.381. The molecular weight excluding hydrogens is 176 g/mol. The molecule has 0 saturated heterocycles. The molecule has 6 saturated carbocycles. The van der Waals surface area contributed by atoms with Gasteiger partial charge in [-0.25, -0.2) is 0 Å². The highest BCUT2D eigenvalue weighted by Crippen LogP contribution is 2.99. The number of hydrogen-bond acceptors (Lipinski definition) is 2. The molecule has 6 aliphatic carbocycles. The van der Waals surface area contributed by atoms with Crippen molar-refractivity contribution in [3.63, 3.8) is 0 Å². The lowest BCUT2D eigenvalue weighted by atomic mass is 9.99. The van der Waals surface area contributed by atoms with Gasteiger partial charge >= 0.3 is 5.97 Å². The molecule has 14 heavy (non-hydrogen) atoms. The van der Waals surface area contributed by atoms with Crippen LogP contribution in [0.5, 0.6) is 0 Å². The highest BCUT2D eigenvalue weighted by atomic mass is 16.5. The van der Waals surface area contributed by atoms with Crippen molar-refractivity contribution >= 4 is 5.97 Å². The molecule has 6 rings (SSSR count). The highest BCUT2D eigenvalue weighted by Gasteiger charge is 2.99. The average molecular weight is 190 g/mol. The van der Waals surface area contributed by atoms with Crippen LogP contribution in [0, 0.1) is 46.8 Å². The fourth-order valence-electron chi connectivity index (χ4n) is 6.47. The molecule has 0 aromatic rings.